The maximum absolute atomic E-state index is 12.3. The van der Waals surface area contributed by atoms with Gasteiger partial charge >= 0.3 is 0 Å². The van der Waals surface area contributed by atoms with Crippen molar-refractivity contribution in [2.75, 3.05) is 19.8 Å². The average Bonchev–Trinajstić information content (AvgIpc) is 3.23. The van der Waals surface area contributed by atoms with Crippen molar-refractivity contribution in [3.63, 3.8) is 0 Å². The second-order valence-electron chi connectivity index (χ2n) is 6.54. The Morgan fingerprint density at radius 1 is 1.22 bits per heavy atom. The molecule has 1 saturated carbocycles. The summed E-state index contributed by atoms with van der Waals surface area (Å²) in [5.74, 6) is 0.181. The molecule has 2 N–H and O–H groups in total. The minimum absolute atomic E-state index is 0.00449. The van der Waals surface area contributed by atoms with Crippen LogP contribution in [0.5, 0.6) is 0 Å². The van der Waals surface area contributed by atoms with E-state index < -0.39 is 0 Å². The van der Waals surface area contributed by atoms with Crippen LogP contribution >= 0.6 is 0 Å². The van der Waals surface area contributed by atoms with Crippen LogP contribution in [-0.2, 0) is 9.47 Å². The summed E-state index contributed by atoms with van der Waals surface area (Å²) in [6.07, 6.45) is 5.83. The lowest BCUT2D eigenvalue weighted by molar-refractivity contribution is -0.182. The molecule has 23 heavy (non-hydrogen) atoms. The Kier molecular flexibility index (Phi) is 3.83. The van der Waals surface area contributed by atoms with Gasteiger partial charge in [-0.25, -0.2) is 0 Å². The number of aromatic nitrogens is 1. The van der Waals surface area contributed by atoms with Gasteiger partial charge in [0.05, 0.1) is 13.2 Å². The van der Waals surface area contributed by atoms with E-state index in [0.29, 0.717) is 24.7 Å². The third-order valence-electron chi connectivity index (χ3n) is 5.05. The van der Waals surface area contributed by atoms with E-state index in [2.05, 4.69) is 10.3 Å². The van der Waals surface area contributed by atoms with Crippen LogP contribution in [0, 0.1) is 5.92 Å². The van der Waals surface area contributed by atoms with Gasteiger partial charge in [0, 0.05) is 36.7 Å². The summed E-state index contributed by atoms with van der Waals surface area (Å²) < 4.78 is 11.5. The molecule has 0 radical (unpaired) electrons. The van der Waals surface area contributed by atoms with Gasteiger partial charge in [0.15, 0.2) is 5.79 Å². The summed E-state index contributed by atoms with van der Waals surface area (Å²) in [6, 6.07) is 7.75. The minimum Gasteiger partial charge on any atom is -0.361 e. The van der Waals surface area contributed by atoms with E-state index in [1.165, 1.54) is 0 Å². The molecule has 1 aliphatic carbocycles. The van der Waals surface area contributed by atoms with E-state index in [0.717, 1.165) is 43.1 Å². The highest BCUT2D eigenvalue weighted by Crippen LogP contribution is 2.37. The molecule has 5 nitrogen and oxygen atoms in total. The van der Waals surface area contributed by atoms with Crippen LogP contribution in [-0.4, -0.2) is 36.4 Å². The first kappa shape index (κ1) is 14.7. The normalized spacial score (nSPS) is 21.0. The Morgan fingerprint density at radius 2 is 2.00 bits per heavy atom. The van der Waals surface area contributed by atoms with Crippen molar-refractivity contribution >= 4 is 16.8 Å². The van der Waals surface area contributed by atoms with Crippen LogP contribution in [0.2, 0.25) is 0 Å². The fourth-order valence-corrected chi connectivity index (χ4v) is 3.64. The number of nitrogens with one attached hydrogen (secondary N) is 2. The Balaban J connectivity index is 1.31. The number of rotatable bonds is 3. The molecule has 1 aliphatic heterocycles. The van der Waals surface area contributed by atoms with Crippen molar-refractivity contribution in [1.29, 1.82) is 0 Å². The monoisotopic (exact) mass is 314 g/mol. The quantitative estimate of drug-likeness (QED) is 0.915. The third kappa shape index (κ3) is 2.99. The number of ether oxygens (including phenoxy) is 2. The number of benzene rings is 1. The van der Waals surface area contributed by atoms with Crippen LogP contribution in [0.1, 0.15) is 36.0 Å². The van der Waals surface area contributed by atoms with E-state index in [1.54, 1.807) is 0 Å². The van der Waals surface area contributed by atoms with Gasteiger partial charge in [-0.05, 0) is 42.3 Å². The molecule has 1 aromatic carbocycles. The van der Waals surface area contributed by atoms with Crippen LogP contribution in [0.4, 0.5) is 0 Å². The summed E-state index contributed by atoms with van der Waals surface area (Å²) in [6.45, 7) is 2.14. The third-order valence-corrected chi connectivity index (χ3v) is 5.05. The van der Waals surface area contributed by atoms with E-state index in [4.69, 9.17) is 9.47 Å². The summed E-state index contributed by atoms with van der Waals surface area (Å²) in [7, 11) is 0. The zero-order valence-corrected chi connectivity index (χ0v) is 13.1. The van der Waals surface area contributed by atoms with Crippen LogP contribution in [0.3, 0.4) is 0 Å². The molecule has 2 aliphatic rings. The molecule has 1 spiro atoms. The van der Waals surface area contributed by atoms with Crippen LogP contribution in [0.25, 0.3) is 10.9 Å². The van der Waals surface area contributed by atoms with Gasteiger partial charge in [-0.15, -0.1) is 0 Å². The predicted octanol–water partition coefficient (Wildman–Crippen LogP) is 2.83. The first-order chi connectivity index (χ1) is 11.2. The van der Waals surface area contributed by atoms with Crippen LogP contribution in [0.15, 0.2) is 30.5 Å². The topological polar surface area (TPSA) is 63.4 Å². The molecule has 1 amide bonds. The first-order valence-electron chi connectivity index (χ1n) is 8.37. The average molecular weight is 314 g/mol. The zero-order valence-electron chi connectivity index (χ0n) is 13.1. The molecule has 1 aromatic heterocycles. The highest BCUT2D eigenvalue weighted by molar-refractivity contribution is 5.97. The molecule has 0 bridgehead atoms. The maximum atomic E-state index is 12.3. The Hall–Kier alpha value is -1.85. The van der Waals surface area contributed by atoms with Gasteiger partial charge in [-0.2, -0.15) is 0 Å². The number of hydrogen-bond donors (Lipinski definition) is 2. The number of H-pyrrole nitrogens is 1. The lowest BCUT2D eigenvalue weighted by Crippen LogP contribution is -2.38. The fourth-order valence-electron chi connectivity index (χ4n) is 3.64. The van der Waals surface area contributed by atoms with Gasteiger partial charge in [0.2, 0.25) is 0 Å². The number of aromatic amines is 1. The van der Waals surface area contributed by atoms with Gasteiger partial charge in [0.1, 0.15) is 0 Å². The minimum atomic E-state index is -0.320. The fraction of sp³-hybridized carbons (Fsp3) is 0.500. The summed E-state index contributed by atoms with van der Waals surface area (Å²) in [5, 5.41) is 4.19. The van der Waals surface area contributed by atoms with E-state index in [-0.39, 0.29) is 11.7 Å². The number of amides is 1. The molecule has 0 atom stereocenters. The molecule has 0 unspecified atom stereocenters. The summed E-state index contributed by atoms with van der Waals surface area (Å²) >= 11 is 0. The Labute approximate surface area is 135 Å². The smallest absolute Gasteiger partial charge is 0.251 e. The van der Waals surface area contributed by atoms with Gasteiger partial charge in [-0.1, -0.05) is 6.07 Å². The van der Waals surface area contributed by atoms with Gasteiger partial charge < -0.3 is 19.8 Å². The number of fused-ring (bicyclic) bond motifs is 1. The Morgan fingerprint density at radius 3 is 2.78 bits per heavy atom. The highest BCUT2D eigenvalue weighted by Gasteiger charge is 2.40. The SMILES string of the molecule is O=C(NCC1CCC2(CC1)OCCO2)c1ccc2cc[nH]c2c1. The summed E-state index contributed by atoms with van der Waals surface area (Å²) in [5.41, 5.74) is 1.70. The standard InChI is InChI=1S/C18H22N2O3/c21-17(15-2-1-14-5-8-19-16(14)11-15)20-12-13-3-6-18(7-4-13)22-9-10-23-18/h1-2,5,8,11,13,19H,3-4,6-7,9-10,12H2,(H,20,21). The number of carbonyl (C=O) groups is 1. The van der Waals surface area contributed by atoms with E-state index in [9.17, 15) is 4.79 Å². The van der Waals surface area contributed by atoms with Crippen molar-refractivity contribution in [2.24, 2.45) is 5.92 Å². The number of hydrogen-bond acceptors (Lipinski definition) is 3. The van der Waals surface area contributed by atoms with Gasteiger partial charge in [-0.3, -0.25) is 4.79 Å². The maximum Gasteiger partial charge on any atom is 0.251 e. The van der Waals surface area contributed by atoms with E-state index >= 15 is 0 Å². The molecule has 4 rings (SSSR count). The lowest BCUT2D eigenvalue weighted by Gasteiger charge is -2.35. The van der Waals surface area contributed by atoms with Crippen molar-refractivity contribution in [2.45, 2.75) is 31.5 Å². The predicted molar refractivity (Wildman–Crippen MR) is 87.2 cm³/mol. The zero-order chi connectivity index (χ0) is 15.7. The van der Waals surface area contributed by atoms with Crippen LogP contribution < -0.4 is 5.32 Å². The number of carbonyl (C=O) groups excluding carboxylic acids is 1. The summed E-state index contributed by atoms with van der Waals surface area (Å²) in [4.78, 5) is 15.5. The molecular weight excluding hydrogens is 292 g/mol. The lowest BCUT2D eigenvalue weighted by atomic mass is 9.85. The molecule has 5 heteroatoms. The second kappa shape index (κ2) is 5.98. The van der Waals surface area contributed by atoms with Gasteiger partial charge in [0.25, 0.3) is 5.91 Å². The largest absolute Gasteiger partial charge is 0.361 e. The first-order valence-corrected chi connectivity index (χ1v) is 8.37. The molecular formula is C18H22N2O3. The van der Waals surface area contributed by atoms with Crippen molar-refractivity contribution < 1.29 is 14.3 Å². The van der Waals surface area contributed by atoms with E-state index in [1.807, 2.05) is 30.5 Å². The highest BCUT2D eigenvalue weighted by atomic mass is 16.7. The Bertz CT molecular complexity index is 693. The second-order valence-corrected chi connectivity index (χ2v) is 6.54. The molecule has 2 heterocycles. The van der Waals surface area contributed by atoms with Crippen molar-refractivity contribution in [3.8, 4) is 0 Å². The molecule has 2 fully saturated rings. The van der Waals surface area contributed by atoms with Crippen molar-refractivity contribution in [3.05, 3.63) is 36.0 Å². The molecule has 122 valence electrons. The molecule has 1 saturated heterocycles. The molecule has 2 aromatic rings. The van der Waals surface area contributed by atoms with Crippen molar-refractivity contribution in [1.82, 2.24) is 10.3 Å².